The Kier molecular flexibility index (Phi) is 5.79. The van der Waals surface area contributed by atoms with Gasteiger partial charge in [-0.1, -0.05) is 35.9 Å². The number of aromatic amines is 1. The zero-order chi connectivity index (χ0) is 21.3. The van der Waals surface area contributed by atoms with Crippen molar-refractivity contribution in [2.24, 2.45) is 0 Å². The summed E-state index contributed by atoms with van der Waals surface area (Å²) in [5, 5.41) is 4.59. The van der Waals surface area contributed by atoms with Gasteiger partial charge < -0.3 is 15.2 Å². The van der Waals surface area contributed by atoms with Crippen molar-refractivity contribution in [2.75, 3.05) is 31.5 Å². The van der Waals surface area contributed by atoms with Gasteiger partial charge in [-0.2, -0.15) is 0 Å². The number of aromatic nitrogens is 1. The molecule has 3 aromatic rings. The van der Waals surface area contributed by atoms with Crippen LogP contribution < -0.4 is 5.32 Å². The topological polar surface area (TPSA) is 68.4 Å². The number of para-hydroxylation sites is 1. The standard InChI is InChI=1S/C23H25ClN4O2/c1-15-7-8-18(24)14-20(15)26-22(29)16(2)27-9-11-28(12-10-27)23(30)21-13-17-5-3-4-6-19(17)25-21/h3-8,13-14,16,25H,9-12H2,1-2H3,(H,26,29). The monoisotopic (exact) mass is 424 g/mol. The van der Waals surface area contributed by atoms with Gasteiger partial charge in [-0.15, -0.1) is 0 Å². The van der Waals surface area contributed by atoms with Crippen LogP contribution in [0.3, 0.4) is 0 Å². The summed E-state index contributed by atoms with van der Waals surface area (Å²) in [6, 6.07) is 14.9. The van der Waals surface area contributed by atoms with E-state index in [1.807, 2.05) is 55.1 Å². The Morgan fingerprint density at radius 1 is 1.07 bits per heavy atom. The fourth-order valence-electron chi connectivity index (χ4n) is 3.80. The summed E-state index contributed by atoms with van der Waals surface area (Å²) in [7, 11) is 0. The van der Waals surface area contributed by atoms with E-state index in [-0.39, 0.29) is 17.9 Å². The number of piperazine rings is 1. The third kappa shape index (κ3) is 4.20. The summed E-state index contributed by atoms with van der Waals surface area (Å²) in [5.74, 6) is -0.0757. The average molecular weight is 425 g/mol. The number of amides is 2. The Bertz CT molecular complexity index is 1050. The van der Waals surface area contributed by atoms with Crippen LogP contribution in [0.5, 0.6) is 0 Å². The van der Waals surface area contributed by atoms with Crippen LogP contribution in [0.2, 0.25) is 5.02 Å². The van der Waals surface area contributed by atoms with E-state index in [0.717, 1.165) is 22.2 Å². The van der Waals surface area contributed by atoms with Crippen molar-refractivity contribution in [3.63, 3.8) is 0 Å². The first-order valence-electron chi connectivity index (χ1n) is 10.1. The number of hydrogen-bond donors (Lipinski definition) is 2. The maximum Gasteiger partial charge on any atom is 0.270 e. The first-order chi connectivity index (χ1) is 14.4. The third-order valence-electron chi connectivity index (χ3n) is 5.75. The second-order valence-electron chi connectivity index (χ2n) is 7.72. The number of fused-ring (bicyclic) bond motifs is 1. The molecule has 4 rings (SSSR count). The van der Waals surface area contributed by atoms with E-state index >= 15 is 0 Å². The second kappa shape index (κ2) is 8.50. The van der Waals surface area contributed by atoms with Gasteiger partial charge in [0.2, 0.25) is 5.91 Å². The van der Waals surface area contributed by atoms with Gasteiger partial charge in [0, 0.05) is 47.8 Å². The number of nitrogens with one attached hydrogen (secondary N) is 2. The highest BCUT2D eigenvalue weighted by Crippen LogP contribution is 2.21. The molecular formula is C23H25ClN4O2. The number of hydrogen-bond acceptors (Lipinski definition) is 3. The molecule has 1 fully saturated rings. The van der Waals surface area contributed by atoms with Crippen LogP contribution >= 0.6 is 11.6 Å². The molecule has 0 aliphatic carbocycles. The number of anilines is 1. The minimum absolute atomic E-state index is 0.00231. The van der Waals surface area contributed by atoms with E-state index in [1.54, 1.807) is 12.1 Å². The molecule has 0 saturated carbocycles. The Morgan fingerprint density at radius 2 is 1.80 bits per heavy atom. The quantitative estimate of drug-likeness (QED) is 0.667. The van der Waals surface area contributed by atoms with Gasteiger partial charge in [0.05, 0.1) is 6.04 Å². The first-order valence-corrected chi connectivity index (χ1v) is 10.5. The van der Waals surface area contributed by atoms with Gasteiger partial charge in [0.15, 0.2) is 0 Å². The number of rotatable bonds is 4. The molecule has 2 heterocycles. The molecule has 0 radical (unpaired) electrons. The highest BCUT2D eigenvalue weighted by molar-refractivity contribution is 6.31. The number of H-pyrrole nitrogens is 1. The lowest BCUT2D eigenvalue weighted by Gasteiger charge is -2.37. The van der Waals surface area contributed by atoms with Gasteiger partial charge in [-0.25, -0.2) is 0 Å². The van der Waals surface area contributed by atoms with Crippen LogP contribution in [0.15, 0.2) is 48.5 Å². The largest absolute Gasteiger partial charge is 0.351 e. The maximum absolute atomic E-state index is 12.9. The molecule has 7 heteroatoms. The lowest BCUT2D eigenvalue weighted by Crippen LogP contribution is -2.54. The van der Waals surface area contributed by atoms with Crippen molar-refractivity contribution in [2.45, 2.75) is 19.9 Å². The maximum atomic E-state index is 12.9. The lowest BCUT2D eigenvalue weighted by molar-refractivity contribution is -0.121. The van der Waals surface area contributed by atoms with Crippen LogP contribution in [0.1, 0.15) is 23.0 Å². The number of carbonyl (C=O) groups excluding carboxylic acids is 2. The third-order valence-corrected chi connectivity index (χ3v) is 5.98. The minimum atomic E-state index is -0.297. The summed E-state index contributed by atoms with van der Waals surface area (Å²) >= 11 is 6.05. The van der Waals surface area contributed by atoms with E-state index in [0.29, 0.717) is 36.9 Å². The summed E-state index contributed by atoms with van der Waals surface area (Å²) < 4.78 is 0. The molecule has 1 atom stereocenters. The predicted octanol–water partition coefficient (Wildman–Crippen LogP) is 3.91. The molecule has 0 spiro atoms. The van der Waals surface area contributed by atoms with Gasteiger partial charge >= 0.3 is 0 Å². The Balaban J connectivity index is 1.35. The smallest absolute Gasteiger partial charge is 0.270 e. The molecular weight excluding hydrogens is 400 g/mol. The fraction of sp³-hybridized carbons (Fsp3) is 0.304. The van der Waals surface area contributed by atoms with Gasteiger partial charge in [-0.3, -0.25) is 14.5 Å². The predicted molar refractivity (Wildman–Crippen MR) is 120 cm³/mol. The number of halogens is 1. The Labute approximate surface area is 180 Å². The minimum Gasteiger partial charge on any atom is -0.351 e. The van der Waals surface area contributed by atoms with E-state index < -0.39 is 0 Å². The summed E-state index contributed by atoms with van der Waals surface area (Å²) in [4.78, 5) is 32.7. The molecule has 156 valence electrons. The molecule has 6 nitrogen and oxygen atoms in total. The molecule has 30 heavy (non-hydrogen) atoms. The molecule has 1 aromatic heterocycles. The van der Waals surface area contributed by atoms with Crippen molar-refractivity contribution in [1.29, 1.82) is 0 Å². The molecule has 1 aliphatic rings. The van der Waals surface area contributed by atoms with Gasteiger partial charge in [0.25, 0.3) is 5.91 Å². The van der Waals surface area contributed by atoms with Crippen LogP contribution in [0.4, 0.5) is 5.69 Å². The second-order valence-corrected chi connectivity index (χ2v) is 8.16. The number of benzene rings is 2. The van der Waals surface area contributed by atoms with Crippen LogP contribution in [-0.4, -0.2) is 58.8 Å². The highest BCUT2D eigenvalue weighted by Gasteiger charge is 2.28. The number of nitrogens with zero attached hydrogens (tertiary/aromatic N) is 2. The number of aryl methyl sites for hydroxylation is 1. The molecule has 2 N–H and O–H groups in total. The molecule has 1 aliphatic heterocycles. The van der Waals surface area contributed by atoms with Gasteiger partial charge in [-0.05, 0) is 43.7 Å². The van der Waals surface area contributed by atoms with Crippen molar-refractivity contribution in [3.05, 3.63) is 64.8 Å². The van der Waals surface area contributed by atoms with E-state index in [2.05, 4.69) is 15.2 Å². The highest BCUT2D eigenvalue weighted by atomic mass is 35.5. The normalized spacial score (nSPS) is 15.9. The Morgan fingerprint density at radius 3 is 2.53 bits per heavy atom. The van der Waals surface area contributed by atoms with Crippen molar-refractivity contribution >= 4 is 40.0 Å². The van der Waals surface area contributed by atoms with E-state index in [9.17, 15) is 9.59 Å². The Hall–Kier alpha value is -2.83. The molecule has 1 saturated heterocycles. The molecule has 2 amide bonds. The average Bonchev–Trinajstić information content (AvgIpc) is 3.19. The summed E-state index contributed by atoms with van der Waals surface area (Å²) in [5.41, 5.74) is 3.26. The number of carbonyl (C=O) groups is 2. The fourth-order valence-corrected chi connectivity index (χ4v) is 3.98. The molecule has 2 aromatic carbocycles. The van der Waals surface area contributed by atoms with E-state index in [1.165, 1.54) is 0 Å². The van der Waals surface area contributed by atoms with Crippen LogP contribution in [-0.2, 0) is 4.79 Å². The SMILES string of the molecule is Cc1ccc(Cl)cc1NC(=O)C(C)N1CCN(C(=O)c2cc3ccccc3[nH]2)CC1. The zero-order valence-electron chi connectivity index (χ0n) is 17.1. The summed E-state index contributed by atoms with van der Waals surface area (Å²) in [6.45, 7) is 6.30. The lowest BCUT2D eigenvalue weighted by atomic mass is 10.1. The summed E-state index contributed by atoms with van der Waals surface area (Å²) in [6.07, 6.45) is 0. The van der Waals surface area contributed by atoms with Crippen molar-refractivity contribution < 1.29 is 9.59 Å². The molecule has 1 unspecified atom stereocenters. The van der Waals surface area contributed by atoms with Crippen LogP contribution in [0, 0.1) is 6.92 Å². The van der Waals surface area contributed by atoms with Crippen molar-refractivity contribution in [1.82, 2.24) is 14.8 Å². The molecule has 0 bridgehead atoms. The van der Waals surface area contributed by atoms with Gasteiger partial charge in [0.1, 0.15) is 5.69 Å². The van der Waals surface area contributed by atoms with E-state index in [4.69, 9.17) is 11.6 Å². The first kappa shape index (κ1) is 20.4. The van der Waals surface area contributed by atoms with Crippen LogP contribution in [0.25, 0.3) is 10.9 Å². The van der Waals surface area contributed by atoms with Crippen molar-refractivity contribution in [3.8, 4) is 0 Å². The zero-order valence-corrected chi connectivity index (χ0v) is 17.9.